The summed E-state index contributed by atoms with van der Waals surface area (Å²) in [6, 6.07) is 8.23. The summed E-state index contributed by atoms with van der Waals surface area (Å²) in [5.74, 6) is 0.0340. The van der Waals surface area contributed by atoms with Crippen molar-refractivity contribution in [2.75, 3.05) is 20.2 Å². The summed E-state index contributed by atoms with van der Waals surface area (Å²) in [5, 5.41) is 3.91. The molecular formula is C16H21ClN2O2. The number of nitrogens with one attached hydrogen (secondary N) is 1. The molecule has 0 aliphatic carbocycles. The molecule has 114 valence electrons. The van der Waals surface area contributed by atoms with Gasteiger partial charge in [-0.3, -0.25) is 9.69 Å². The number of amides is 1. The fourth-order valence-electron chi connectivity index (χ4n) is 3.30. The molecule has 4 nitrogen and oxygen atoms in total. The van der Waals surface area contributed by atoms with E-state index in [0.29, 0.717) is 6.61 Å². The average molecular weight is 309 g/mol. The first-order valence-electron chi connectivity index (χ1n) is 7.53. The molecular weight excluding hydrogens is 288 g/mol. The molecule has 3 atom stereocenters. The first kappa shape index (κ1) is 14.8. The number of carbonyl (C=O) groups excluding carboxylic acids is 1. The lowest BCUT2D eigenvalue weighted by atomic mass is 10.00. The zero-order valence-corrected chi connectivity index (χ0v) is 13.0. The second-order valence-corrected chi connectivity index (χ2v) is 6.32. The Morgan fingerprint density at radius 1 is 1.33 bits per heavy atom. The number of nitrogens with zero attached hydrogens (tertiary/aromatic N) is 1. The van der Waals surface area contributed by atoms with Crippen molar-refractivity contribution in [1.82, 2.24) is 10.2 Å². The van der Waals surface area contributed by atoms with Crippen LogP contribution in [0, 0.1) is 0 Å². The van der Waals surface area contributed by atoms with Gasteiger partial charge in [0.1, 0.15) is 6.10 Å². The second kappa shape index (κ2) is 6.34. The van der Waals surface area contributed by atoms with E-state index >= 15 is 0 Å². The van der Waals surface area contributed by atoms with Crippen LogP contribution in [-0.2, 0) is 9.53 Å². The zero-order chi connectivity index (χ0) is 14.8. The molecule has 0 aromatic heterocycles. The molecule has 5 heteroatoms. The maximum Gasteiger partial charge on any atom is 0.249 e. The molecule has 1 N–H and O–H groups in total. The fourth-order valence-corrected chi connectivity index (χ4v) is 3.43. The van der Waals surface area contributed by atoms with Crippen molar-refractivity contribution in [3.63, 3.8) is 0 Å². The summed E-state index contributed by atoms with van der Waals surface area (Å²) in [4.78, 5) is 14.5. The molecule has 0 saturated carbocycles. The molecule has 0 unspecified atom stereocenters. The number of ether oxygens (including phenoxy) is 1. The molecule has 0 spiro atoms. The lowest BCUT2D eigenvalue weighted by molar-refractivity contribution is -0.130. The van der Waals surface area contributed by atoms with E-state index in [1.807, 2.05) is 24.3 Å². The molecule has 21 heavy (non-hydrogen) atoms. The smallest absolute Gasteiger partial charge is 0.249 e. The van der Waals surface area contributed by atoms with E-state index in [2.05, 4.69) is 17.3 Å². The molecule has 2 aliphatic rings. The van der Waals surface area contributed by atoms with Gasteiger partial charge in [0, 0.05) is 24.2 Å². The van der Waals surface area contributed by atoms with Crippen LogP contribution < -0.4 is 5.32 Å². The van der Waals surface area contributed by atoms with Crippen LogP contribution in [-0.4, -0.2) is 43.2 Å². The van der Waals surface area contributed by atoms with Gasteiger partial charge in [-0.1, -0.05) is 23.7 Å². The van der Waals surface area contributed by atoms with Crippen molar-refractivity contribution in [1.29, 1.82) is 0 Å². The Bertz CT molecular complexity index is 500. The van der Waals surface area contributed by atoms with Gasteiger partial charge < -0.3 is 10.1 Å². The van der Waals surface area contributed by atoms with Gasteiger partial charge >= 0.3 is 0 Å². The number of likely N-dealkylation sites (tertiary alicyclic amines) is 1. The monoisotopic (exact) mass is 308 g/mol. The molecule has 1 aromatic rings. The van der Waals surface area contributed by atoms with Gasteiger partial charge in [0.05, 0.1) is 6.04 Å². The molecule has 1 amide bonds. The van der Waals surface area contributed by atoms with E-state index in [-0.39, 0.29) is 24.1 Å². The minimum absolute atomic E-state index is 0.0340. The highest BCUT2D eigenvalue weighted by Gasteiger charge is 2.35. The molecule has 2 fully saturated rings. The van der Waals surface area contributed by atoms with E-state index in [0.717, 1.165) is 30.8 Å². The van der Waals surface area contributed by atoms with Crippen LogP contribution in [0.2, 0.25) is 5.02 Å². The van der Waals surface area contributed by atoms with E-state index in [4.69, 9.17) is 16.3 Å². The Balaban J connectivity index is 1.71. The molecule has 0 bridgehead atoms. The molecule has 3 rings (SSSR count). The molecule has 0 radical (unpaired) electrons. The summed E-state index contributed by atoms with van der Waals surface area (Å²) in [7, 11) is 2.09. The highest BCUT2D eigenvalue weighted by molar-refractivity contribution is 6.30. The standard InChI is InChI=1S/C16H21ClN2O2/c1-19-9-8-13(18-16(20)14-3-2-10-21-14)15(19)11-4-6-12(17)7-5-11/h4-7,13-15H,2-3,8-10H2,1H3,(H,18,20)/t13-,14-,15-/m0/s1. The van der Waals surface area contributed by atoms with Crippen LogP contribution in [0.25, 0.3) is 0 Å². The first-order chi connectivity index (χ1) is 10.1. The van der Waals surface area contributed by atoms with Crippen LogP contribution in [0.5, 0.6) is 0 Å². The van der Waals surface area contributed by atoms with Crippen LogP contribution >= 0.6 is 11.6 Å². The second-order valence-electron chi connectivity index (χ2n) is 5.88. The number of likely N-dealkylation sites (N-methyl/N-ethyl adjacent to an activating group) is 1. The molecule has 1 aromatic carbocycles. The third-order valence-corrected chi connectivity index (χ3v) is 4.66. The summed E-state index contributed by atoms with van der Waals surface area (Å²) < 4.78 is 5.47. The summed E-state index contributed by atoms with van der Waals surface area (Å²) in [6.07, 6.45) is 2.51. The van der Waals surface area contributed by atoms with Crippen molar-refractivity contribution in [3.8, 4) is 0 Å². The van der Waals surface area contributed by atoms with Crippen LogP contribution in [0.15, 0.2) is 24.3 Å². The van der Waals surface area contributed by atoms with Crippen molar-refractivity contribution >= 4 is 17.5 Å². The molecule has 2 heterocycles. The number of halogens is 1. The Labute approximate surface area is 130 Å². The molecule has 2 saturated heterocycles. The number of hydrogen-bond acceptors (Lipinski definition) is 3. The van der Waals surface area contributed by atoms with Gasteiger partial charge in [-0.05, 0) is 44.0 Å². The maximum atomic E-state index is 12.3. The predicted octanol–water partition coefficient (Wildman–Crippen LogP) is 2.38. The van der Waals surface area contributed by atoms with E-state index in [1.165, 1.54) is 5.56 Å². The Morgan fingerprint density at radius 2 is 2.10 bits per heavy atom. The van der Waals surface area contributed by atoms with Crippen molar-refractivity contribution < 1.29 is 9.53 Å². The Morgan fingerprint density at radius 3 is 2.76 bits per heavy atom. The first-order valence-corrected chi connectivity index (χ1v) is 7.90. The van der Waals surface area contributed by atoms with Crippen molar-refractivity contribution in [2.45, 2.75) is 37.5 Å². The fraction of sp³-hybridized carbons (Fsp3) is 0.562. The quantitative estimate of drug-likeness (QED) is 0.932. The maximum absolute atomic E-state index is 12.3. The topological polar surface area (TPSA) is 41.6 Å². The van der Waals surface area contributed by atoms with Gasteiger partial charge in [-0.15, -0.1) is 0 Å². The van der Waals surface area contributed by atoms with E-state index in [9.17, 15) is 4.79 Å². The van der Waals surface area contributed by atoms with Gasteiger partial charge in [-0.2, -0.15) is 0 Å². The highest BCUT2D eigenvalue weighted by atomic mass is 35.5. The van der Waals surface area contributed by atoms with Crippen molar-refractivity contribution in [2.24, 2.45) is 0 Å². The Kier molecular flexibility index (Phi) is 4.48. The summed E-state index contributed by atoms with van der Waals surface area (Å²) in [6.45, 7) is 1.67. The summed E-state index contributed by atoms with van der Waals surface area (Å²) in [5.41, 5.74) is 1.19. The third-order valence-electron chi connectivity index (χ3n) is 4.41. The van der Waals surface area contributed by atoms with Crippen LogP contribution in [0.3, 0.4) is 0 Å². The van der Waals surface area contributed by atoms with Crippen LogP contribution in [0.4, 0.5) is 0 Å². The largest absolute Gasteiger partial charge is 0.368 e. The van der Waals surface area contributed by atoms with Crippen LogP contribution in [0.1, 0.15) is 30.9 Å². The number of rotatable bonds is 3. The summed E-state index contributed by atoms with van der Waals surface area (Å²) >= 11 is 5.96. The number of carbonyl (C=O) groups is 1. The minimum Gasteiger partial charge on any atom is -0.368 e. The normalized spacial score (nSPS) is 29.7. The van der Waals surface area contributed by atoms with E-state index < -0.39 is 0 Å². The molecule has 2 aliphatic heterocycles. The van der Waals surface area contributed by atoms with Gasteiger partial charge in [0.15, 0.2) is 0 Å². The lowest BCUT2D eigenvalue weighted by Crippen LogP contribution is -2.43. The predicted molar refractivity (Wildman–Crippen MR) is 82.3 cm³/mol. The lowest BCUT2D eigenvalue weighted by Gasteiger charge is -2.27. The SMILES string of the molecule is CN1CC[C@H](NC(=O)[C@@H]2CCCO2)[C@@H]1c1ccc(Cl)cc1. The van der Waals surface area contributed by atoms with Gasteiger partial charge in [-0.25, -0.2) is 0 Å². The minimum atomic E-state index is -0.262. The van der Waals surface area contributed by atoms with Crippen molar-refractivity contribution in [3.05, 3.63) is 34.9 Å². The van der Waals surface area contributed by atoms with E-state index in [1.54, 1.807) is 0 Å². The zero-order valence-electron chi connectivity index (χ0n) is 12.2. The van der Waals surface area contributed by atoms with Gasteiger partial charge in [0.2, 0.25) is 5.91 Å². The highest BCUT2D eigenvalue weighted by Crippen LogP contribution is 2.31. The average Bonchev–Trinajstić information content (AvgIpc) is 3.11. The Hall–Kier alpha value is -1.10. The van der Waals surface area contributed by atoms with Gasteiger partial charge in [0.25, 0.3) is 0 Å². The number of hydrogen-bond donors (Lipinski definition) is 1. The number of benzene rings is 1. The third kappa shape index (κ3) is 3.23.